The average Bonchev–Trinajstić information content (AvgIpc) is 3.64. The van der Waals surface area contributed by atoms with Crippen LogP contribution in [-0.4, -0.2) is 79.9 Å². The Kier molecular flexibility index (Phi) is 5.03. The van der Waals surface area contributed by atoms with Gasteiger partial charge in [0.15, 0.2) is 11.5 Å². The van der Waals surface area contributed by atoms with Crippen molar-refractivity contribution in [2.24, 2.45) is 5.92 Å². The summed E-state index contributed by atoms with van der Waals surface area (Å²) in [4.78, 5) is 21.5. The molecule has 7 rings (SSSR count). The quantitative estimate of drug-likeness (QED) is 0.538. The Morgan fingerprint density at radius 2 is 2.08 bits per heavy atom. The molecule has 3 aliphatic carbocycles. The SMILES string of the molecule is CN(C(=O)/C=C/c1ccccn1)[C@@H]1CC[C@@]2(O)[C@H]3[C@@H](O)c4ccc(O)c5c4[C@@]2(CCN3CC2CC2)[C@H]1O5. The molecule has 1 spiro atoms. The second-order valence-electron chi connectivity index (χ2n) is 11.5. The van der Waals surface area contributed by atoms with Crippen molar-refractivity contribution in [1.82, 2.24) is 14.8 Å². The highest BCUT2D eigenvalue weighted by Gasteiger charge is 2.75. The van der Waals surface area contributed by atoms with E-state index in [1.54, 1.807) is 36.4 Å². The van der Waals surface area contributed by atoms with Crippen LogP contribution in [-0.2, 0) is 10.2 Å². The van der Waals surface area contributed by atoms with Crippen LogP contribution in [0.3, 0.4) is 0 Å². The number of ether oxygens (including phenoxy) is 1. The van der Waals surface area contributed by atoms with Crippen molar-refractivity contribution in [3.05, 3.63) is 59.4 Å². The van der Waals surface area contributed by atoms with Crippen LogP contribution in [0.25, 0.3) is 6.08 Å². The zero-order valence-electron chi connectivity index (χ0n) is 21.0. The third-order valence-corrected chi connectivity index (χ3v) is 9.70. The zero-order valence-corrected chi connectivity index (χ0v) is 21.0. The number of nitrogens with zero attached hydrogens (tertiary/aromatic N) is 3. The fourth-order valence-corrected chi connectivity index (χ4v) is 7.83. The first-order chi connectivity index (χ1) is 17.8. The Morgan fingerprint density at radius 3 is 2.84 bits per heavy atom. The van der Waals surface area contributed by atoms with E-state index in [2.05, 4.69) is 9.88 Å². The third-order valence-electron chi connectivity index (χ3n) is 9.70. The number of benzene rings is 1. The van der Waals surface area contributed by atoms with Gasteiger partial charge in [-0.15, -0.1) is 0 Å². The summed E-state index contributed by atoms with van der Waals surface area (Å²) in [7, 11) is 1.78. The lowest BCUT2D eigenvalue weighted by molar-refractivity contribution is -0.223. The molecule has 3 fully saturated rings. The predicted octanol–water partition coefficient (Wildman–Crippen LogP) is 2.38. The minimum absolute atomic E-state index is 0.0127. The molecule has 8 nitrogen and oxygen atoms in total. The summed E-state index contributed by atoms with van der Waals surface area (Å²) in [6.45, 7) is 1.62. The first-order valence-corrected chi connectivity index (χ1v) is 13.4. The molecule has 0 unspecified atom stereocenters. The fourth-order valence-electron chi connectivity index (χ4n) is 7.83. The third kappa shape index (κ3) is 3.12. The van der Waals surface area contributed by atoms with Gasteiger partial charge in [-0.25, -0.2) is 0 Å². The number of likely N-dealkylation sites (tertiary alicyclic amines) is 1. The molecule has 1 aromatic heterocycles. The second-order valence-corrected chi connectivity index (χ2v) is 11.5. The van der Waals surface area contributed by atoms with Crippen LogP contribution in [0.5, 0.6) is 11.5 Å². The standard InChI is InChI=1S/C29H33N3O5/c1-31(22(34)10-7-18-4-2-3-14-30-18)20-11-12-29(36)26-24(35)19-8-9-21(33)25-23(19)28(29,27(20)37-25)13-15-32(26)16-17-5-6-17/h2-4,7-10,14,17,20,24,26-27,33,35-36H,5-6,11-13,15-16H2,1H3/b10-7+/t20-,24+,26-,27+,28+,29-/m1/s1. The van der Waals surface area contributed by atoms with Crippen molar-refractivity contribution in [3.8, 4) is 11.5 Å². The monoisotopic (exact) mass is 503 g/mol. The predicted molar refractivity (Wildman–Crippen MR) is 136 cm³/mol. The molecular weight excluding hydrogens is 470 g/mol. The van der Waals surface area contributed by atoms with Gasteiger partial charge in [-0.3, -0.25) is 14.7 Å². The molecule has 8 heteroatoms. The van der Waals surface area contributed by atoms with E-state index < -0.39 is 29.3 Å². The van der Waals surface area contributed by atoms with Crippen LogP contribution in [0.4, 0.5) is 0 Å². The first-order valence-electron chi connectivity index (χ1n) is 13.4. The van der Waals surface area contributed by atoms with Gasteiger partial charge in [0, 0.05) is 31.4 Å². The average molecular weight is 504 g/mol. The van der Waals surface area contributed by atoms with Crippen molar-refractivity contribution in [2.45, 2.75) is 67.4 Å². The Balaban J connectivity index is 1.28. The number of carbonyl (C=O) groups is 1. The number of rotatable bonds is 5. The Morgan fingerprint density at radius 1 is 1.24 bits per heavy atom. The number of aromatic nitrogens is 1. The van der Waals surface area contributed by atoms with Crippen molar-refractivity contribution in [3.63, 3.8) is 0 Å². The van der Waals surface area contributed by atoms with Gasteiger partial charge in [0.2, 0.25) is 5.91 Å². The molecule has 2 bridgehead atoms. The van der Waals surface area contributed by atoms with Crippen molar-refractivity contribution in [2.75, 3.05) is 20.1 Å². The van der Waals surface area contributed by atoms with Gasteiger partial charge in [-0.05, 0) is 74.4 Å². The van der Waals surface area contributed by atoms with E-state index >= 15 is 0 Å². The molecule has 1 saturated heterocycles. The zero-order chi connectivity index (χ0) is 25.5. The number of carbonyl (C=O) groups excluding carboxylic acids is 1. The Bertz CT molecular complexity index is 1280. The number of amides is 1. The van der Waals surface area contributed by atoms with Gasteiger partial charge in [0.05, 0.1) is 34.9 Å². The number of hydrogen-bond donors (Lipinski definition) is 3. The van der Waals surface area contributed by atoms with E-state index in [4.69, 9.17) is 4.74 Å². The number of aliphatic hydroxyl groups is 2. The van der Waals surface area contributed by atoms with E-state index in [1.165, 1.54) is 18.9 Å². The molecule has 1 amide bonds. The minimum Gasteiger partial charge on any atom is -0.504 e. The maximum absolute atomic E-state index is 13.3. The lowest BCUT2D eigenvalue weighted by Gasteiger charge is -2.65. The highest BCUT2D eigenvalue weighted by atomic mass is 16.5. The van der Waals surface area contributed by atoms with Crippen LogP contribution in [0.1, 0.15) is 55.0 Å². The number of likely N-dealkylation sites (N-methyl/N-ethyl adjacent to an activating group) is 1. The molecule has 6 atom stereocenters. The van der Waals surface area contributed by atoms with Gasteiger partial charge in [-0.1, -0.05) is 12.1 Å². The summed E-state index contributed by atoms with van der Waals surface area (Å²) in [5.41, 5.74) is 0.148. The number of piperidine rings is 1. The largest absolute Gasteiger partial charge is 0.504 e. The van der Waals surface area contributed by atoms with Crippen LogP contribution in [0.2, 0.25) is 0 Å². The highest BCUT2D eigenvalue weighted by molar-refractivity contribution is 5.91. The number of hydrogen-bond acceptors (Lipinski definition) is 7. The lowest BCUT2D eigenvalue weighted by atomic mass is 9.47. The van der Waals surface area contributed by atoms with Gasteiger partial charge < -0.3 is 25.0 Å². The fraction of sp³-hybridized carbons (Fsp3) is 0.517. The van der Waals surface area contributed by atoms with E-state index in [1.807, 2.05) is 18.2 Å². The molecule has 2 aliphatic heterocycles. The topological polar surface area (TPSA) is 106 Å². The Hall–Kier alpha value is -2.94. The van der Waals surface area contributed by atoms with Crippen LogP contribution >= 0.6 is 0 Å². The van der Waals surface area contributed by atoms with Gasteiger partial charge >= 0.3 is 0 Å². The molecule has 0 radical (unpaired) electrons. The maximum Gasteiger partial charge on any atom is 0.246 e. The van der Waals surface area contributed by atoms with Crippen molar-refractivity contribution in [1.29, 1.82) is 0 Å². The highest BCUT2D eigenvalue weighted by Crippen LogP contribution is 2.67. The van der Waals surface area contributed by atoms with E-state index in [9.17, 15) is 20.1 Å². The summed E-state index contributed by atoms with van der Waals surface area (Å²) < 4.78 is 6.53. The van der Waals surface area contributed by atoms with E-state index in [-0.39, 0.29) is 17.7 Å². The van der Waals surface area contributed by atoms with Gasteiger partial charge in [0.1, 0.15) is 6.10 Å². The Labute approximate surface area is 216 Å². The smallest absolute Gasteiger partial charge is 0.246 e. The minimum atomic E-state index is -1.22. The number of aromatic hydroxyl groups is 1. The van der Waals surface area contributed by atoms with Gasteiger partial charge in [0.25, 0.3) is 0 Å². The summed E-state index contributed by atoms with van der Waals surface area (Å²) in [5.74, 6) is 0.827. The molecule has 3 N–H and O–H groups in total. The van der Waals surface area contributed by atoms with Crippen molar-refractivity contribution < 1.29 is 24.9 Å². The van der Waals surface area contributed by atoms with Crippen LogP contribution in [0, 0.1) is 5.92 Å². The van der Waals surface area contributed by atoms with Crippen LogP contribution < -0.4 is 4.74 Å². The van der Waals surface area contributed by atoms with E-state index in [0.717, 1.165) is 24.2 Å². The molecule has 37 heavy (non-hydrogen) atoms. The number of phenolic OH excluding ortho intramolecular Hbond substituents is 1. The molecular formula is C29H33N3O5. The molecule has 5 aliphatic rings. The number of phenols is 1. The molecule has 2 aromatic rings. The summed E-state index contributed by atoms with van der Waals surface area (Å²) >= 11 is 0. The molecule has 2 saturated carbocycles. The molecule has 194 valence electrons. The van der Waals surface area contributed by atoms with Gasteiger partial charge in [-0.2, -0.15) is 0 Å². The lowest BCUT2D eigenvalue weighted by Crippen LogP contribution is -2.79. The first kappa shape index (κ1) is 23.2. The number of pyridine rings is 1. The maximum atomic E-state index is 13.3. The van der Waals surface area contributed by atoms with E-state index in [0.29, 0.717) is 36.6 Å². The van der Waals surface area contributed by atoms with Crippen molar-refractivity contribution >= 4 is 12.0 Å². The molecule has 1 aromatic carbocycles. The number of aliphatic hydroxyl groups excluding tert-OH is 1. The summed E-state index contributed by atoms with van der Waals surface area (Å²) in [5, 5.41) is 35.0. The molecule has 3 heterocycles. The van der Waals surface area contributed by atoms with Crippen LogP contribution in [0.15, 0.2) is 42.6 Å². The normalized spacial score (nSPS) is 35.8. The summed E-state index contributed by atoms with van der Waals surface area (Å²) in [6, 6.07) is 8.17. The summed E-state index contributed by atoms with van der Waals surface area (Å²) in [6.07, 6.45) is 7.54. The second kappa shape index (κ2) is 8.03.